The van der Waals surface area contributed by atoms with Gasteiger partial charge in [0, 0.05) is 23.2 Å². The molecule has 0 bridgehead atoms. The number of aromatic nitrogens is 3. The molecule has 0 aliphatic heterocycles. The summed E-state index contributed by atoms with van der Waals surface area (Å²) in [6.07, 6.45) is 1.72. The van der Waals surface area contributed by atoms with E-state index in [0.717, 1.165) is 16.5 Å². The Bertz CT molecular complexity index is 1350. The maximum absolute atomic E-state index is 12.6. The zero-order chi connectivity index (χ0) is 24.6. The molecule has 0 unspecified atom stereocenters. The summed E-state index contributed by atoms with van der Waals surface area (Å²) in [5.41, 5.74) is 1.28. The molecule has 8 nitrogen and oxygen atoms in total. The van der Waals surface area contributed by atoms with Crippen LogP contribution in [-0.2, 0) is 17.9 Å². The molecule has 1 heterocycles. The van der Waals surface area contributed by atoms with Gasteiger partial charge in [0.15, 0.2) is 11.0 Å². The van der Waals surface area contributed by atoms with Crippen LogP contribution < -0.4 is 15.4 Å². The molecule has 0 saturated heterocycles. The van der Waals surface area contributed by atoms with E-state index >= 15 is 0 Å². The molecule has 0 saturated carbocycles. The monoisotopic (exact) mass is 487 g/mol. The second-order valence-electron chi connectivity index (χ2n) is 7.57. The van der Waals surface area contributed by atoms with Crippen molar-refractivity contribution in [2.24, 2.45) is 0 Å². The molecular formula is C26H25N5O3S. The summed E-state index contributed by atoms with van der Waals surface area (Å²) < 4.78 is 6.95. The molecule has 0 radical (unpaired) electrons. The quantitative estimate of drug-likeness (QED) is 0.256. The number of methoxy groups -OCH3 is 1. The van der Waals surface area contributed by atoms with Gasteiger partial charge in [-0.25, -0.2) is 0 Å². The fourth-order valence-corrected chi connectivity index (χ4v) is 4.29. The first-order valence-electron chi connectivity index (χ1n) is 10.9. The van der Waals surface area contributed by atoms with Gasteiger partial charge in [-0.15, -0.1) is 16.8 Å². The van der Waals surface area contributed by atoms with Crippen molar-refractivity contribution in [3.05, 3.63) is 90.8 Å². The lowest BCUT2D eigenvalue weighted by atomic mass is 10.1. The summed E-state index contributed by atoms with van der Waals surface area (Å²) in [5, 5.41) is 16.9. The lowest BCUT2D eigenvalue weighted by Gasteiger charge is -2.10. The van der Waals surface area contributed by atoms with Gasteiger partial charge in [-0.2, -0.15) is 0 Å². The van der Waals surface area contributed by atoms with Gasteiger partial charge in [0.05, 0.1) is 19.4 Å². The third kappa shape index (κ3) is 5.88. The van der Waals surface area contributed by atoms with Crippen molar-refractivity contribution in [1.29, 1.82) is 0 Å². The highest BCUT2D eigenvalue weighted by atomic mass is 32.2. The second-order valence-corrected chi connectivity index (χ2v) is 8.52. The molecule has 2 amide bonds. The predicted octanol–water partition coefficient (Wildman–Crippen LogP) is 4.29. The van der Waals surface area contributed by atoms with Crippen LogP contribution >= 0.6 is 11.8 Å². The fraction of sp³-hybridized carbons (Fsp3) is 0.154. The van der Waals surface area contributed by atoms with Crippen molar-refractivity contribution in [2.75, 3.05) is 18.2 Å². The Morgan fingerprint density at radius 1 is 1.06 bits per heavy atom. The normalized spacial score (nSPS) is 10.7. The molecule has 4 rings (SSSR count). The molecule has 2 N–H and O–H groups in total. The molecule has 0 fully saturated rings. The standard InChI is InChI=1S/C26H25N5O3S/c1-3-15-31-23(16-27-25(33)19-11-13-20(34-2)14-12-19)29-30-26(31)35-17-24(32)28-22-10-6-8-18-7-4-5-9-21(18)22/h3-14H,1,15-17H2,2H3,(H,27,33)(H,28,32). The molecule has 0 spiro atoms. The first-order chi connectivity index (χ1) is 17.1. The van der Waals surface area contributed by atoms with Crippen LogP contribution in [-0.4, -0.2) is 39.4 Å². The minimum absolute atomic E-state index is 0.145. The van der Waals surface area contributed by atoms with Crippen LogP contribution in [0.2, 0.25) is 0 Å². The van der Waals surface area contributed by atoms with E-state index in [2.05, 4.69) is 27.4 Å². The summed E-state index contributed by atoms with van der Waals surface area (Å²) in [7, 11) is 1.57. The largest absolute Gasteiger partial charge is 0.497 e. The Kier molecular flexibility index (Phi) is 7.79. The van der Waals surface area contributed by atoms with Crippen LogP contribution in [0.1, 0.15) is 16.2 Å². The summed E-state index contributed by atoms with van der Waals surface area (Å²) in [4.78, 5) is 25.1. The minimum atomic E-state index is -0.232. The second kappa shape index (κ2) is 11.3. The first kappa shape index (κ1) is 24.0. The van der Waals surface area contributed by atoms with E-state index in [1.807, 2.05) is 47.0 Å². The number of carbonyl (C=O) groups excluding carboxylic acids is 2. The Hall–Kier alpha value is -4.11. The van der Waals surface area contributed by atoms with Crippen molar-refractivity contribution in [2.45, 2.75) is 18.2 Å². The summed E-state index contributed by atoms with van der Waals surface area (Å²) in [6.45, 7) is 4.43. The number of fused-ring (bicyclic) bond motifs is 1. The number of thioether (sulfide) groups is 1. The molecule has 3 aromatic carbocycles. The number of nitrogens with one attached hydrogen (secondary N) is 2. The van der Waals surface area contributed by atoms with E-state index in [1.54, 1.807) is 37.5 Å². The van der Waals surface area contributed by atoms with Crippen LogP contribution in [0, 0.1) is 0 Å². The lowest BCUT2D eigenvalue weighted by Crippen LogP contribution is -2.24. The molecule has 0 atom stereocenters. The summed E-state index contributed by atoms with van der Waals surface area (Å²) in [5.74, 6) is 1.04. The average molecular weight is 488 g/mol. The van der Waals surface area contributed by atoms with Gasteiger partial charge in [0.2, 0.25) is 5.91 Å². The van der Waals surface area contributed by atoms with E-state index < -0.39 is 0 Å². The molecule has 35 heavy (non-hydrogen) atoms. The van der Waals surface area contributed by atoms with Gasteiger partial charge in [0.25, 0.3) is 5.91 Å². The van der Waals surface area contributed by atoms with Crippen molar-refractivity contribution in [1.82, 2.24) is 20.1 Å². The molecule has 0 aliphatic rings. The lowest BCUT2D eigenvalue weighted by molar-refractivity contribution is -0.113. The number of benzene rings is 3. The average Bonchev–Trinajstić information content (AvgIpc) is 3.28. The number of hydrogen-bond donors (Lipinski definition) is 2. The van der Waals surface area contributed by atoms with E-state index in [-0.39, 0.29) is 24.1 Å². The number of nitrogens with zero attached hydrogens (tertiary/aromatic N) is 3. The smallest absolute Gasteiger partial charge is 0.251 e. The molecule has 0 aliphatic carbocycles. The van der Waals surface area contributed by atoms with Crippen LogP contribution in [0.3, 0.4) is 0 Å². The molecule has 4 aromatic rings. The van der Waals surface area contributed by atoms with Crippen molar-refractivity contribution in [3.63, 3.8) is 0 Å². The number of rotatable bonds is 10. The van der Waals surface area contributed by atoms with Crippen LogP contribution in [0.15, 0.2) is 84.5 Å². The van der Waals surface area contributed by atoms with E-state index in [4.69, 9.17) is 4.74 Å². The topological polar surface area (TPSA) is 98.1 Å². The van der Waals surface area contributed by atoms with Gasteiger partial charge in [-0.05, 0) is 35.7 Å². The Balaban J connectivity index is 1.38. The van der Waals surface area contributed by atoms with E-state index in [0.29, 0.717) is 28.8 Å². The first-order valence-corrected chi connectivity index (χ1v) is 11.9. The minimum Gasteiger partial charge on any atom is -0.497 e. The fourth-order valence-electron chi connectivity index (χ4n) is 3.52. The van der Waals surface area contributed by atoms with Gasteiger partial charge >= 0.3 is 0 Å². The van der Waals surface area contributed by atoms with Crippen molar-refractivity contribution < 1.29 is 14.3 Å². The maximum Gasteiger partial charge on any atom is 0.251 e. The Morgan fingerprint density at radius 3 is 2.60 bits per heavy atom. The number of allylic oxidation sites excluding steroid dienone is 1. The SMILES string of the molecule is C=CCn1c(CNC(=O)c2ccc(OC)cc2)nnc1SCC(=O)Nc1cccc2ccccc12. The predicted molar refractivity (Wildman–Crippen MR) is 138 cm³/mol. The van der Waals surface area contributed by atoms with E-state index in [9.17, 15) is 9.59 Å². The third-order valence-corrected chi connectivity index (χ3v) is 6.23. The molecule has 178 valence electrons. The number of ether oxygens (including phenoxy) is 1. The summed E-state index contributed by atoms with van der Waals surface area (Å²) >= 11 is 1.28. The highest BCUT2D eigenvalue weighted by molar-refractivity contribution is 7.99. The molecule has 1 aromatic heterocycles. The number of carbonyl (C=O) groups is 2. The highest BCUT2D eigenvalue weighted by Gasteiger charge is 2.15. The molecule has 9 heteroatoms. The van der Waals surface area contributed by atoms with Crippen LogP contribution in [0.4, 0.5) is 5.69 Å². The van der Waals surface area contributed by atoms with Crippen LogP contribution in [0.5, 0.6) is 5.75 Å². The van der Waals surface area contributed by atoms with Crippen molar-refractivity contribution >= 4 is 40.0 Å². The van der Waals surface area contributed by atoms with Gasteiger partial charge < -0.3 is 19.9 Å². The van der Waals surface area contributed by atoms with Gasteiger partial charge in [0.1, 0.15) is 5.75 Å². The summed E-state index contributed by atoms with van der Waals surface area (Å²) in [6, 6.07) is 20.5. The Morgan fingerprint density at radius 2 is 1.83 bits per heavy atom. The number of hydrogen-bond acceptors (Lipinski definition) is 6. The zero-order valence-electron chi connectivity index (χ0n) is 19.2. The van der Waals surface area contributed by atoms with Crippen LogP contribution in [0.25, 0.3) is 10.8 Å². The highest BCUT2D eigenvalue weighted by Crippen LogP contribution is 2.24. The van der Waals surface area contributed by atoms with Gasteiger partial charge in [-0.3, -0.25) is 9.59 Å². The maximum atomic E-state index is 12.6. The molecular weight excluding hydrogens is 462 g/mol. The zero-order valence-corrected chi connectivity index (χ0v) is 20.0. The number of anilines is 1. The van der Waals surface area contributed by atoms with Gasteiger partial charge in [-0.1, -0.05) is 54.2 Å². The van der Waals surface area contributed by atoms with E-state index in [1.165, 1.54) is 11.8 Å². The number of amides is 2. The Labute approximate surface area is 207 Å². The van der Waals surface area contributed by atoms with Crippen molar-refractivity contribution in [3.8, 4) is 5.75 Å². The third-order valence-electron chi connectivity index (χ3n) is 5.26.